The molecule has 1 aromatic heterocycles. The van der Waals surface area contributed by atoms with E-state index >= 15 is 0 Å². The Morgan fingerprint density at radius 3 is 2.68 bits per heavy atom. The van der Waals surface area contributed by atoms with Gasteiger partial charge in [-0.2, -0.15) is 0 Å². The summed E-state index contributed by atoms with van der Waals surface area (Å²) in [7, 11) is 0. The third-order valence-corrected chi connectivity index (χ3v) is 4.86. The predicted molar refractivity (Wildman–Crippen MR) is 104 cm³/mol. The number of hydrogen-bond donors (Lipinski definition) is 2. The Morgan fingerprint density at radius 1 is 1.16 bits per heavy atom. The van der Waals surface area contributed by atoms with Crippen molar-refractivity contribution in [1.29, 1.82) is 0 Å². The van der Waals surface area contributed by atoms with Crippen molar-refractivity contribution in [2.45, 2.75) is 26.2 Å². The van der Waals surface area contributed by atoms with Gasteiger partial charge in [0.2, 0.25) is 0 Å². The first kappa shape index (κ1) is 16.0. The molecule has 3 heterocycles. The lowest BCUT2D eigenvalue weighted by Gasteiger charge is -2.29. The number of nitrogens with zero attached hydrogens (tertiary/aromatic N) is 2. The fourth-order valence-corrected chi connectivity index (χ4v) is 3.59. The van der Waals surface area contributed by atoms with E-state index < -0.39 is 0 Å². The lowest BCUT2D eigenvalue weighted by Crippen LogP contribution is -2.30. The van der Waals surface area contributed by atoms with Crippen LogP contribution < -0.4 is 15.5 Å². The largest absolute Gasteiger partial charge is 0.356 e. The Balaban J connectivity index is 1.85. The molecule has 2 N–H and O–H groups in total. The highest BCUT2D eigenvalue weighted by atomic mass is 32.1. The highest BCUT2D eigenvalue weighted by molar-refractivity contribution is 7.80. The lowest BCUT2D eigenvalue weighted by molar-refractivity contribution is -0.115. The number of aromatic nitrogens is 1. The molecule has 25 heavy (non-hydrogen) atoms. The topological polar surface area (TPSA) is 57.3 Å². The van der Waals surface area contributed by atoms with Crippen molar-refractivity contribution in [3.63, 3.8) is 0 Å². The zero-order valence-electron chi connectivity index (χ0n) is 14.1. The molecule has 2 saturated heterocycles. The second-order valence-electron chi connectivity index (χ2n) is 6.61. The molecule has 2 aliphatic rings. The summed E-state index contributed by atoms with van der Waals surface area (Å²) in [6.45, 7) is 4.07. The maximum Gasteiger partial charge on any atom is 0.273 e. The van der Waals surface area contributed by atoms with Crippen molar-refractivity contribution in [2.75, 3.05) is 18.0 Å². The van der Waals surface area contributed by atoms with Crippen LogP contribution >= 0.6 is 12.2 Å². The summed E-state index contributed by atoms with van der Waals surface area (Å²) in [5, 5.41) is 6.95. The van der Waals surface area contributed by atoms with Crippen LogP contribution in [0.25, 0.3) is 17.0 Å². The van der Waals surface area contributed by atoms with Crippen LogP contribution in [0.5, 0.6) is 0 Å². The fourth-order valence-electron chi connectivity index (χ4n) is 3.39. The van der Waals surface area contributed by atoms with Gasteiger partial charge in [0.25, 0.3) is 5.91 Å². The van der Waals surface area contributed by atoms with Crippen LogP contribution in [0.2, 0.25) is 0 Å². The number of thiocarbonyl (C=S) groups is 1. The van der Waals surface area contributed by atoms with Crippen molar-refractivity contribution in [3.05, 3.63) is 41.1 Å². The zero-order chi connectivity index (χ0) is 17.4. The van der Waals surface area contributed by atoms with E-state index in [1.165, 1.54) is 24.8 Å². The van der Waals surface area contributed by atoms with Gasteiger partial charge in [0.05, 0.1) is 5.52 Å². The van der Waals surface area contributed by atoms with E-state index in [9.17, 15) is 4.79 Å². The number of fused-ring (bicyclic) bond motifs is 1. The summed E-state index contributed by atoms with van der Waals surface area (Å²) in [5.41, 5.74) is 3.59. The number of piperidine rings is 1. The number of rotatable bonds is 2. The molecular formula is C19H20N4OS. The van der Waals surface area contributed by atoms with Gasteiger partial charge in [-0.3, -0.25) is 10.1 Å². The molecule has 1 aromatic carbocycles. The minimum Gasteiger partial charge on any atom is -0.356 e. The average Bonchev–Trinajstić information content (AvgIpc) is 2.92. The second kappa shape index (κ2) is 6.44. The van der Waals surface area contributed by atoms with Gasteiger partial charge in [0.15, 0.2) is 5.11 Å². The highest BCUT2D eigenvalue weighted by Gasteiger charge is 2.22. The Labute approximate surface area is 152 Å². The normalized spacial score (nSPS) is 19.4. The Kier molecular flexibility index (Phi) is 4.13. The van der Waals surface area contributed by atoms with Crippen molar-refractivity contribution < 1.29 is 4.79 Å². The molecular weight excluding hydrogens is 332 g/mol. The SMILES string of the molecule is Cc1ccc2cc(C=C3NC(=S)NC3=O)c(N3CCCCC3)nc2c1. The van der Waals surface area contributed by atoms with Crippen LogP contribution in [0.4, 0.5) is 5.82 Å². The number of amides is 1. The van der Waals surface area contributed by atoms with Crippen molar-refractivity contribution in [2.24, 2.45) is 0 Å². The van der Waals surface area contributed by atoms with Crippen LogP contribution in [-0.2, 0) is 4.79 Å². The van der Waals surface area contributed by atoms with Gasteiger partial charge < -0.3 is 10.2 Å². The van der Waals surface area contributed by atoms with Gasteiger partial charge in [0, 0.05) is 24.0 Å². The van der Waals surface area contributed by atoms with Gasteiger partial charge in [-0.1, -0.05) is 12.1 Å². The molecule has 0 spiro atoms. The van der Waals surface area contributed by atoms with E-state index in [2.05, 4.69) is 46.7 Å². The number of hydrogen-bond acceptors (Lipinski definition) is 4. The molecule has 0 bridgehead atoms. The summed E-state index contributed by atoms with van der Waals surface area (Å²) in [6.07, 6.45) is 5.46. The summed E-state index contributed by atoms with van der Waals surface area (Å²) in [6, 6.07) is 8.37. The summed E-state index contributed by atoms with van der Waals surface area (Å²) in [4.78, 5) is 19.3. The first-order valence-corrected chi connectivity index (χ1v) is 9.01. The van der Waals surface area contributed by atoms with E-state index in [0.717, 1.165) is 35.4 Å². The first-order valence-electron chi connectivity index (χ1n) is 8.60. The molecule has 5 nitrogen and oxygen atoms in total. The highest BCUT2D eigenvalue weighted by Crippen LogP contribution is 2.28. The Bertz CT molecular complexity index is 900. The van der Waals surface area contributed by atoms with Crippen LogP contribution in [0, 0.1) is 6.92 Å². The molecule has 4 rings (SSSR count). The molecule has 6 heteroatoms. The fraction of sp³-hybridized carbons (Fsp3) is 0.316. The standard InChI is InChI=1S/C19H20N4OS/c1-12-5-6-13-10-14(11-16-18(24)22-19(25)21-16)17(20-15(13)9-12)23-7-3-2-4-8-23/h5-6,9-11H,2-4,7-8H2,1H3,(H2,21,22,24,25). The van der Waals surface area contributed by atoms with Gasteiger partial charge in [-0.25, -0.2) is 4.98 Å². The zero-order valence-corrected chi connectivity index (χ0v) is 14.9. The number of pyridine rings is 1. The minimum absolute atomic E-state index is 0.196. The van der Waals surface area contributed by atoms with Gasteiger partial charge in [0.1, 0.15) is 11.5 Å². The third-order valence-electron chi connectivity index (χ3n) is 4.66. The monoisotopic (exact) mass is 352 g/mol. The van der Waals surface area contributed by atoms with Gasteiger partial charge >= 0.3 is 0 Å². The van der Waals surface area contributed by atoms with Gasteiger partial charge in [-0.05, 0) is 62.2 Å². The first-order chi connectivity index (χ1) is 12.1. The predicted octanol–water partition coefficient (Wildman–Crippen LogP) is 2.88. The summed E-state index contributed by atoms with van der Waals surface area (Å²) in [5.74, 6) is 0.747. The second-order valence-corrected chi connectivity index (χ2v) is 7.02. The lowest BCUT2D eigenvalue weighted by atomic mass is 10.1. The number of benzene rings is 1. The summed E-state index contributed by atoms with van der Waals surface area (Å²) < 4.78 is 0. The Hall–Kier alpha value is -2.47. The minimum atomic E-state index is -0.196. The van der Waals surface area contributed by atoms with Crippen LogP contribution in [-0.4, -0.2) is 29.1 Å². The molecule has 2 aliphatic heterocycles. The quantitative estimate of drug-likeness (QED) is 0.643. The molecule has 0 aliphatic carbocycles. The van der Waals surface area contributed by atoms with Crippen molar-refractivity contribution >= 4 is 46.0 Å². The van der Waals surface area contributed by atoms with Gasteiger partial charge in [-0.15, -0.1) is 0 Å². The molecule has 0 unspecified atom stereocenters. The van der Waals surface area contributed by atoms with E-state index in [4.69, 9.17) is 17.2 Å². The van der Waals surface area contributed by atoms with E-state index in [1.54, 1.807) is 0 Å². The van der Waals surface area contributed by atoms with E-state index in [1.807, 2.05) is 6.08 Å². The number of carbonyl (C=O) groups excluding carboxylic acids is 1. The van der Waals surface area contributed by atoms with Crippen molar-refractivity contribution in [1.82, 2.24) is 15.6 Å². The average molecular weight is 352 g/mol. The maximum absolute atomic E-state index is 12.0. The van der Waals surface area contributed by atoms with E-state index in [0.29, 0.717) is 10.8 Å². The summed E-state index contributed by atoms with van der Waals surface area (Å²) >= 11 is 5.03. The smallest absolute Gasteiger partial charge is 0.273 e. The number of carbonyl (C=O) groups is 1. The number of aryl methyl sites for hydroxylation is 1. The van der Waals surface area contributed by atoms with Crippen molar-refractivity contribution in [3.8, 4) is 0 Å². The molecule has 0 atom stereocenters. The molecule has 2 fully saturated rings. The van der Waals surface area contributed by atoms with Crippen LogP contribution in [0.1, 0.15) is 30.4 Å². The molecule has 2 aromatic rings. The molecule has 128 valence electrons. The van der Waals surface area contributed by atoms with Crippen LogP contribution in [0.3, 0.4) is 0 Å². The molecule has 1 amide bonds. The number of nitrogens with one attached hydrogen (secondary N) is 2. The number of anilines is 1. The third kappa shape index (κ3) is 3.22. The maximum atomic E-state index is 12.0. The molecule has 0 saturated carbocycles. The van der Waals surface area contributed by atoms with Crippen LogP contribution in [0.15, 0.2) is 30.0 Å². The van der Waals surface area contributed by atoms with E-state index in [-0.39, 0.29) is 5.91 Å². The molecule has 0 radical (unpaired) electrons. The Morgan fingerprint density at radius 2 is 1.96 bits per heavy atom.